The van der Waals surface area contributed by atoms with Crippen molar-refractivity contribution < 1.29 is 0 Å². The molecule has 1 aliphatic carbocycles. The number of nitrogens with zero attached hydrogens (tertiary/aromatic N) is 3. The predicted molar refractivity (Wildman–Crippen MR) is 199 cm³/mol. The average molecular weight is 624 g/mol. The number of hydrogen-bond donors (Lipinski definition) is 0. The molecule has 49 heavy (non-hydrogen) atoms. The third-order valence-electron chi connectivity index (χ3n) is 10.1. The molecule has 0 N–H and O–H groups in total. The largest absolute Gasteiger partial charge is 0.309 e. The molecule has 0 fully saturated rings. The van der Waals surface area contributed by atoms with Crippen LogP contribution in [-0.4, -0.2) is 4.57 Å². The van der Waals surface area contributed by atoms with Crippen LogP contribution in [0.15, 0.2) is 158 Å². The van der Waals surface area contributed by atoms with Crippen LogP contribution in [0.3, 0.4) is 0 Å². The number of rotatable bonds is 4. The van der Waals surface area contributed by atoms with Crippen LogP contribution in [-0.2, 0) is 6.42 Å². The Kier molecular flexibility index (Phi) is 6.72. The Hall–Kier alpha value is -6.68. The average Bonchev–Trinajstić information content (AvgIpc) is 3.51. The van der Waals surface area contributed by atoms with Crippen molar-refractivity contribution in [2.75, 3.05) is 0 Å². The number of benzene rings is 7. The van der Waals surface area contributed by atoms with E-state index in [2.05, 4.69) is 150 Å². The number of fused-ring (bicyclic) bond motifs is 6. The van der Waals surface area contributed by atoms with Crippen LogP contribution >= 0.6 is 0 Å². The summed E-state index contributed by atoms with van der Waals surface area (Å²) in [6.07, 6.45) is 0.910. The van der Waals surface area contributed by atoms with E-state index < -0.39 is 0 Å². The molecule has 0 spiro atoms. The number of para-hydroxylation sites is 3. The molecule has 1 aromatic heterocycles. The summed E-state index contributed by atoms with van der Waals surface area (Å²) in [5, 5.41) is 22.5. The number of hydrogen-bond acceptors (Lipinski definition) is 2. The summed E-state index contributed by atoms with van der Waals surface area (Å²) in [6.45, 7) is 0. The monoisotopic (exact) mass is 623 g/mol. The van der Waals surface area contributed by atoms with Gasteiger partial charge in [-0.05, 0) is 81.8 Å². The summed E-state index contributed by atoms with van der Waals surface area (Å²) in [5.74, 6) is 0.195. The summed E-state index contributed by atoms with van der Waals surface area (Å²) in [5.41, 5.74) is 14.8. The predicted octanol–water partition coefficient (Wildman–Crippen LogP) is 11.2. The first-order valence-corrected chi connectivity index (χ1v) is 16.6. The second-order valence-electron chi connectivity index (χ2n) is 12.7. The fourth-order valence-corrected chi connectivity index (χ4v) is 7.79. The van der Waals surface area contributed by atoms with Gasteiger partial charge in [-0.25, -0.2) is 0 Å². The Labute approximate surface area is 285 Å². The lowest BCUT2D eigenvalue weighted by Crippen LogP contribution is -2.12. The van der Waals surface area contributed by atoms with E-state index in [0.29, 0.717) is 11.1 Å². The van der Waals surface area contributed by atoms with E-state index in [4.69, 9.17) is 0 Å². The van der Waals surface area contributed by atoms with E-state index in [1.807, 2.05) is 24.3 Å². The summed E-state index contributed by atoms with van der Waals surface area (Å²) < 4.78 is 2.32. The summed E-state index contributed by atoms with van der Waals surface area (Å²) in [6, 6.07) is 59.8. The second kappa shape index (κ2) is 11.5. The van der Waals surface area contributed by atoms with Crippen LogP contribution in [0, 0.1) is 22.7 Å². The molecular weight excluding hydrogens is 595 g/mol. The third kappa shape index (κ3) is 4.64. The van der Waals surface area contributed by atoms with E-state index in [0.717, 1.165) is 51.0 Å². The first-order chi connectivity index (χ1) is 24.2. The molecule has 1 heterocycles. The molecule has 3 heteroatoms. The highest BCUT2D eigenvalue weighted by atomic mass is 15.0. The lowest BCUT2D eigenvalue weighted by molar-refractivity contribution is 0.794. The van der Waals surface area contributed by atoms with Gasteiger partial charge in [-0.2, -0.15) is 10.5 Å². The van der Waals surface area contributed by atoms with E-state index in [-0.39, 0.29) is 5.92 Å². The van der Waals surface area contributed by atoms with Crippen LogP contribution in [0.25, 0.3) is 60.9 Å². The molecule has 0 bridgehead atoms. The van der Waals surface area contributed by atoms with Gasteiger partial charge in [0.15, 0.2) is 0 Å². The number of nitriles is 2. The van der Waals surface area contributed by atoms with Crippen LogP contribution in [0.2, 0.25) is 0 Å². The van der Waals surface area contributed by atoms with Gasteiger partial charge in [0, 0.05) is 27.8 Å². The highest BCUT2D eigenvalue weighted by Gasteiger charge is 2.26. The van der Waals surface area contributed by atoms with E-state index in [1.54, 1.807) is 0 Å². The highest BCUT2D eigenvalue weighted by Crippen LogP contribution is 2.44. The van der Waals surface area contributed by atoms with Gasteiger partial charge in [0.1, 0.15) is 0 Å². The lowest BCUT2D eigenvalue weighted by Gasteiger charge is -2.28. The summed E-state index contributed by atoms with van der Waals surface area (Å²) >= 11 is 0. The Morgan fingerprint density at radius 1 is 0.510 bits per heavy atom. The number of aromatic nitrogens is 1. The molecule has 1 aliphatic rings. The van der Waals surface area contributed by atoms with Gasteiger partial charge in [-0.1, -0.05) is 121 Å². The van der Waals surface area contributed by atoms with E-state index in [1.165, 1.54) is 33.0 Å². The van der Waals surface area contributed by atoms with Crippen molar-refractivity contribution in [2.45, 2.75) is 12.3 Å². The van der Waals surface area contributed by atoms with Crippen molar-refractivity contribution >= 4 is 21.8 Å². The van der Waals surface area contributed by atoms with Crippen molar-refractivity contribution in [1.82, 2.24) is 4.57 Å². The second-order valence-corrected chi connectivity index (χ2v) is 12.7. The van der Waals surface area contributed by atoms with Crippen LogP contribution in [0.1, 0.15) is 33.7 Å². The highest BCUT2D eigenvalue weighted by molar-refractivity contribution is 6.09. The van der Waals surface area contributed by atoms with Crippen molar-refractivity contribution in [2.24, 2.45) is 0 Å². The lowest BCUT2D eigenvalue weighted by atomic mass is 9.75. The van der Waals surface area contributed by atoms with Gasteiger partial charge in [-0.3, -0.25) is 0 Å². The quantitative estimate of drug-likeness (QED) is 0.196. The van der Waals surface area contributed by atoms with Crippen LogP contribution in [0.5, 0.6) is 0 Å². The summed E-state index contributed by atoms with van der Waals surface area (Å²) in [4.78, 5) is 0. The molecule has 3 nitrogen and oxygen atoms in total. The van der Waals surface area contributed by atoms with Gasteiger partial charge in [0.2, 0.25) is 0 Å². The van der Waals surface area contributed by atoms with Crippen LogP contribution < -0.4 is 0 Å². The van der Waals surface area contributed by atoms with Crippen molar-refractivity contribution in [3.8, 4) is 51.2 Å². The molecule has 7 aromatic carbocycles. The standard InChI is InChI=1S/C46H29N3/c47-28-30-17-23-38-42(27-34-9-1-2-10-36(34)43(38)25-30)32-20-18-31(19-21-32)33-22-24-37(35(26-33)29-48)39-11-3-6-14-44(39)49-45-15-7-4-12-40(45)41-13-5-8-16-46(41)49/h1-26,42H,27H2. The molecule has 228 valence electrons. The molecular formula is C46H29N3. The third-order valence-corrected chi connectivity index (χ3v) is 10.1. The van der Waals surface area contributed by atoms with Crippen molar-refractivity contribution in [3.05, 3.63) is 186 Å². The van der Waals surface area contributed by atoms with Gasteiger partial charge in [0.05, 0.1) is 40.0 Å². The molecule has 0 aliphatic heterocycles. The zero-order valence-corrected chi connectivity index (χ0v) is 26.6. The zero-order chi connectivity index (χ0) is 32.9. The first-order valence-electron chi connectivity index (χ1n) is 16.6. The minimum atomic E-state index is 0.195. The molecule has 9 rings (SSSR count). The maximum atomic E-state index is 10.5. The SMILES string of the molecule is N#Cc1ccc2c(c1)-c1ccccc1CC2c1ccc(-c2ccc(-c3ccccc3-n3c4ccccc4c4ccccc43)c(C#N)c2)cc1. The first kappa shape index (κ1) is 28.5. The van der Waals surface area contributed by atoms with E-state index >= 15 is 0 Å². The maximum Gasteiger partial charge on any atom is 0.0998 e. The van der Waals surface area contributed by atoms with Gasteiger partial charge < -0.3 is 4.57 Å². The molecule has 0 amide bonds. The van der Waals surface area contributed by atoms with Gasteiger partial charge in [-0.15, -0.1) is 0 Å². The fourth-order valence-electron chi connectivity index (χ4n) is 7.79. The molecule has 1 atom stereocenters. The molecule has 0 saturated carbocycles. The Balaban J connectivity index is 1.09. The van der Waals surface area contributed by atoms with Crippen molar-refractivity contribution in [3.63, 3.8) is 0 Å². The Morgan fingerprint density at radius 2 is 1.16 bits per heavy atom. The van der Waals surface area contributed by atoms with Gasteiger partial charge in [0.25, 0.3) is 0 Å². The Morgan fingerprint density at radius 3 is 1.90 bits per heavy atom. The molecule has 1 unspecified atom stereocenters. The van der Waals surface area contributed by atoms with E-state index in [9.17, 15) is 10.5 Å². The normalized spacial score (nSPS) is 13.4. The topological polar surface area (TPSA) is 52.5 Å². The molecule has 8 aromatic rings. The summed E-state index contributed by atoms with van der Waals surface area (Å²) in [7, 11) is 0. The minimum Gasteiger partial charge on any atom is -0.309 e. The van der Waals surface area contributed by atoms with Gasteiger partial charge >= 0.3 is 0 Å². The minimum absolute atomic E-state index is 0.195. The molecule has 0 saturated heterocycles. The smallest absolute Gasteiger partial charge is 0.0998 e. The molecule has 0 radical (unpaired) electrons. The van der Waals surface area contributed by atoms with Crippen LogP contribution in [0.4, 0.5) is 0 Å². The maximum absolute atomic E-state index is 10.5. The zero-order valence-electron chi connectivity index (χ0n) is 26.6. The van der Waals surface area contributed by atoms with Crippen molar-refractivity contribution in [1.29, 1.82) is 10.5 Å². The Bertz CT molecular complexity index is 2610. The fraction of sp³-hybridized carbons (Fsp3) is 0.0435.